The fourth-order valence-electron chi connectivity index (χ4n) is 1.57. The zero-order valence-electron chi connectivity index (χ0n) is 10.2. The van der Waals surface area contributed by atoms with Gasteiger partial charge in [-0.3, -0.25) is 9.48 Å². The third-order valence-corrected chi connectivity index (χ3v) is 2.26. The number of aromatic nitrogens is 2. The number of aliphatic hydroxyl groups excluding tert-OH is 1. The molecule has 0 aliphatic carbocycles. The van der Waals surface area contributed by atoms with Crippen molar-refractivity contribution in [3.05, 3.63) is 18.0 Å². The summed E-state index contributed by atoms with van der Waals surface area (Å²) in [6.07, 6.45) is 1.09. The average Bonchev–Trinajstić information content (AvgIpc) is 2.63. The second-order valence-corrected chi connectivity index (χ2v) is 4.29. The van der Waals surface area contributed by atoms with Crippen LogP contribution in [0.15, 0.2) is 12.3 Å². The highest BCUT2D eigenvalue weighted by Crippen LogP contribution is 2.10. The third-order valence-electron chi connectivity index (χ3n) is 2.26. The molecule has 0 aliphatic heterocycles. The molecule has 1 aromatic heterocycles. The van der Waals surface area contributed by atoms with Crippen molar-refractivity contribution in [2.75, 3.05) is 13.6 Å². The lowest BCUT2D eigenvalue weighted by Crippen LogP contribution is -2.34. The predicted octanol–water partition coefficient (Wildman–Crippen LogP) is 0.917. The molecule has 1 atom stereocenters. The molecule has 0 bridgehead atoms. The molecule has 90 valence electrons. The molecule has 0 aliphatic rings. The van der Waals surface area contributed by atoms with Gasteiger partial charge in [0.15, 0.2) is 0 Å². The molecule has 1 N–H and O–H groups in total. The standard InChI is InChI=1S/C11H19N3O2/c1-8(2)14-10(5-6-12-14)11(16)13(4)7-9(3)15/h5-6,8-9,15H,7H2,1-4H3. The van der Waals surface area contributed by atoms with Crippen LogP contribution in [0.25, 0.3) is 0 Å². The second-order valence-electron chi connectivity index (χ2n) is 4.29. The van der Waals surface area contributed by atoms with Crippen molar-refractivity contribution in [2.24, 2.45) is 0 Å². The summed E-state index contributed by atoms with van der Waals surface area (Å²) in [5.74, 6) is -0.118. The zero-order chi connectivity index (χ0) is 12.3. The second kappa shape index (κ2) is 5.12. The zero-order valence-corrected chi connectivity index (χ0v) is 10.2. The smallest absolute Gasteiger partial charge is 0.271 e. The van der Waals surface area contributed by atoms with Crippen LogP contribution < -0.4 is 0 Å². The summed E-state index contributed by atoms with van der Waals surface area (Å²) in [6.45, 7) is 5.92. The van der Waals surface area contributed by atoms with Gasteiger partial charge in [-0.15, -0.1) is 0 Å². The number of amides is 1. The molecule has 1 amide bonds. The fraction of sp³-hybridized carbons (Fsp3) is 0.636. The molecule has 0 aromatic carbocycles. The largest absolute Gasteiger partial charge is 0.392 e. The molecular formula is C11H19N3O2. The van der Waals surface area contributed by atoms with E-state index >= 15 is 0 Å². The van der Waals surface area contributed by atoms with Crippen LogP contribution in [0, 0.1) is 0 Å². The Morgan fingerprint density at radius 2 is 2.19 bits per heavy atom. The van der Waals surface area contributed by atoms with Crippen molar-refractivity contribution in [2.45, 2.75) is 32.9 Å². The Morgan fingerprint density at radius 1 is 1.56 bits per heavy atom. The van der Waals surface area contributed by atoms with Crippen LogP contribution in [0.2, 0.25) is 0 Å². The van der Waals surface area contributed by atoms with E-state index in [1.807, 2.05) is 13.8 Å². The van der Waals surface area contributed by atoms with Gasteiger partial charge >= 0.3 is 0 Å². The Bertz CT molecular complexity index is 358. The number of carbonyl (C=O) groups excluding carboxylic acids is 1. The summed E-state index contributed by atoms with van der Waals surface area (Å²) in [5, 5.41) is 13.3. The van der Waals surface area contributed by atoms with Crippen molar-refractivity contribution < 1.29 is 9.90 Å². The van der Waals surface area contributed by atoms with E-state index in [0.717, 1.165) is 0 Å². The molecule has 16 heavy (non-hydrogen) atoms. The van der Waals surface area contributed by atoms with E-state index < -0.39 is 6.10 Å². The van der Waals surface area contributed by atoms with E-state index in [1.165, 1.54) is 4.90 Å². The van der Waals surface area contributed by atoms with Gasteiger partial charge in [0, 0.05) is 25.8 Å². The number of nitrogens with zero attached hydrogens (tertiary/aromatic N) is 3. The first-order chi connectivity index (χ1) is 7.43. The molecule has 5 nitrogen and oxygen atoms in total. The molecule has 1 heterocycles. The van der Waals surface area contributed by atoms with Gasteiger partial charge in [-0.2, -0.15) is 5.10 Å². The molecule has 0 saturated carbocycles. The lowest BCUT2D eigenvalue weighted by Gasteiger charge is -2.20. The Morgan fingerprint density at radius 3 is 2.69 bits per heavy atom. The summed E-state index contributed by atoms with van der Waals surface area (Å²) in [4.78, 5) is 13.5. The Labute approximate surface area is 95.7 Å². The first-order valence-electron chi connectivity index (χ1n) is 5.40. The average molecular weight is 225 g/mol. The first kappa shape index (κ1) is 12.7. The van der Waals surface area contributed by atoms with Gasteiger partial charge in [-0.25, -0.2) is 0 Å². The van der Waals surface area contributed by atoms with Crippen LogP contribution >= 0.6 is 0 Å². The molecule has 1 unspecified atom stereocenters. The summed E-state index contributed by atoms with van der Waals surface area (Å²) in [6, 6.07) is 1.84. The van der Waals surface area contributed by atoms with E-state index in [-0.39, 0.29) is 11.9 Å². The maximum Gasteiger partial charge on any atom is 0.271 e. The van der Waals surface area contributed by atoms with E-state index in [1.54, 1.807) is 30.9 Å². The molecule has 0 fully saturated rings. The van der Waals surface area contributed by atoms with E-state index in [0.29, 0.717) is 12.2 Å². The quantitative estimate of drug-likeness (QED) is 0.828. The SMILES string of the molecule is CC(O)CN(C)C(=O)c1ccnn1C(C)C. The van der Waals surface area contributed by atoms with Crippen molar-refractivity contribution in [1.29, 1.82) is 0 Å². The molecule has 1 aromatic rings. The summed E-state index contributed by atoms with van der Waals surface area (Å²) < 4.78 is 1.68. The van der Waals surface area contributed by atoms with Gasteiger partial charge in [0.2, 0.25) is 0 Å². The maximum absolute atomic E-state index is 12.0. The van der Waals surface area contributed by atoms with Crippen LogP contribution in [-0.2, 0) is 0 Å². The van der Waals surface area contributed by atoms with Crippen LogP contribution in [-0.4, -0.2) is 45.4 Å². The number of rotatable bonds is 4. The van der Waals surface area contributed by atoms with Crippen LogP contribution in [0.1, 0.15) is 37.3 Å². The molecule has 5 heteroatoms. The highest BCUT2D eigenvalue weighted by Gasteiger charge is 2.18. The lowest BCUT2D eigenvalue weighted by atomic mass is 10.3. The monoisotopic (exact) mass is 225 g/mol. The third kappa shape index (κ3) is 2.82. The minimum Gasteiger partial charge on any atom is -0.392 e. The highest BCUT2D eigenvalue weighted by molar-refractivity contribution is 5.92. The van der Waals surface area contributed by atoms with Crippen molar-refractivity contribution in [3.8, 4) is 0 Å². The fourth-order valence-corrected chi connectivity index (χ4v) is 1.57. The number of aliphatic hydroxyl groups is 1. The summed E-state index contributed by atoms with van der Waals surface area (Å²) in [7, 11) is 1.67. The summed E-state index contributed by atoms with van der Waals surface area (Å²) >= 11 is 0. The van der Waals surface area contributed by atoms with E-state index in [9.17, 15) is 9.90 Å². The van der Waals surface area contributed by atoms with Gasteiger partial charge < -0.3 is 10.0 Å². The van der Waals surface area contributed by atoms with E-state index in [2.05, 4.69) is 5.10 Å². The van der Waals surface area contributed by atoms with Gasteiger partial charge in [0.1, 0.15) is 5.69 Å². The predicted molar refractivity (Wildman–Crippen MR) is 61.3 cm³/mol. The minimum absolute atomic E-state index is 0.118. The van der Waals surface area contributed by atoms with Crippen LogP contribution in [0.4, 0.5) is 0 Å². The Hall–Kier alpha value is -1.36. The number of hydrogen-bond donors (Lipinski definition) is 1. The Kier molecular flexibility index (Phi) is 4.06. The number of hydrogen-bond acceptors (Lipinski definition) is 3. The van der Waals surface area contributed by atoms with E-state index in [4.69, 9.17) is 0 Å². The molecule has 0 spiro atoms. The Balaban J connectivity index is 2.83. The van der Waals surface area contributed by atoms with Crippen molar-refractivity contribution >= 4 is 5.91 Å². The molecule has 0 saturated heterocycles. The first-order valence-corrected chi connectivity index (χ1v) is 5.40. The highest BCUT2D eigenvalue weighted by atomic mass is 16.3. The molecule has 1 rings (SSSR count). The van der Waals surface area contributed by atoms with Crippen LogP contribution in [0.5, 0.6) is 0 Å². The summed E-state index contributed by atoms with van der Waals surface area (Å²) in [5.41, 5.74) is 0.554. The van der Waals surface area contributed by atoms with Gasteiger partial charge in [0.05, 0.1) is 6.10 Å². The van der Waals surface area contributed by atoms with Crippen molar-refractivity contribution in [1.82, 2.24) is 14.7 Å². The minimum atomic E-state index is -0.524. The normalized spacial score (nSPS) is 12.9. The van der Waals surface area contributed by atoms with Gasteiger partial charge in [0.25, 0.3) is 5.91 Å². The topological polar surface area (TPSA) is 58.4 Å². The van der Waals surface area contributed by atoms with Crippen LogP contribution in [0.3, 0.4) is 0 Å². The van der Waals surface area contributed by atoms with Gasteiger partial charge in [-0.05, 0) is 26.8 Å². The maximum atomic E-state index is 12.0. The number of carbonyl (C=O) groups is 1. The lowest BCUT2D eigenvalue weighted by molar-refractivity contribution is 0.0690. The van der Waals surface area contributed by atoms with Gasteiger partial charge in [-0.1, -0.05) is 0 Å². The number of likely N-dealkylation sites (N-methyl/N-ethyl adjacent to an activating group) is 1. The van der Waals surface area contributed by atoms with Crippen molar-refractivity contribution in [3.63, 3.8) is 0 Å². The molecule has 0 radical (unpaired) electrons. The molecular weight excluding hydrogens is 206 g/mol.